The number of amides is 1. The van der Waals surface area contributed by atoms with Crippen molar-refractivity contribution in [2.24, 2.45) is 0 Å². The molecule has 0 spiro atoms. The average molecular weight is 270 g/mol. The summed E-state index contributed by atoms with van der Waals surface area (Å²) in [6.07, 6.45) is 1.62. The Morgan fingerprint density at radius 1 is 1.56 bits per heavy atom. The van der Waals surface area contributed by atoms with Crippen molar-refractivity contribution in [3.8, 4) is 0 Å². The quantitative estimate of drug-likeness (QED) is 0.358. The Morgan fingerprint density at radius 3 is 2.89 bits per heavy atom. The third-order valence-corrected chi connectivity index (χ3v) is 2.34. The van der Waals surface area contributed by atoms with Gasteiger partial charge in [-0.2, -0.15) is 0 Å². The monoisotopic (exact) mass is 269 g/mol. The SMILES string of the molecule is C=CCNCC(=O)Nc1cc([N+](=O)[O-])ccc1Cl. The van der Waals surface area contributed by atoms with Gasteiger partial charge in [0.25, 0.3) is 5.69 Å². The Labute approximate surface area is 109 Å². The van der Waals surface area contributed by atoms with Crippen molar-refractivity contribution >= 4 is 28.9 Å². The van der Waals surface area contributed by atoms with E-state index in [1.807, 2.05) is 0 Å². The highest BCUT2D eigenvalue weighted by Gasteiger charge is 2.11. The molecule has 0 aliphatic carbocycles. The van der Waals surface area contributed by atoms with Crippen LogP contribution in [0, 0.1) is 10.1 Å². The maximum atomic E-state index is 11.5. The number of non-ortho nitro benzene ring substituents is 1. The van der Waals surface area contributed by atoms with E-state index in [0.717, 1.165) is 0 Å². The number of halogens is 1. The number of carbonyl (C=O) groups excluding carboxylic acids is 1. The number of nitro benzene ring substituents is 1. The summed E-state index contributed by atoms with van der Waals surface area (Å²) in [5.74, 6) is -0.334. The highest BCUT2D eigenvalue weighted by molar-refractivity contribution is 6.33. The van der Waals surface area contributed by atoms with Gasteiger partial charge in [0.15, 0.2) is 0 Å². The highest BCUT2D eigenvalue weighted by Crippen LogP contribution is 2.26. The minimum Gasteiger partial charge on any atom is -0.323 e. The van der Waals surface area contributed by atoms with E-state index in [4.69, 9.17) is 11.6 Å². The van der Waals surface area contributed by atoms with Crippen LogP contribution >= 0.6 is 11.6 Å². The first-order valence-corrected chi connectivity index (χ1v) is 5.48. The lowest BCUT2D eigenvalue weighted by Gasteiger charge is -2.07. The minimum absolute atomic E-state index is 0.0744. The molecule has 0 atom stereocenters. The third-order valence-electron chi connectivity index (χ3n) is 2.01. The number of carbonyl (C=O) groups is 1. The van der Waals surface area contributed by atoms with Gasteiger partial charge in [0.05, 0.1) is 22.2 Å². The van der Waals surface area contributed by atoms with Crippen LogP contribution in [-0.4, -0.2) is 23.9 Å². The lowest BCUT2D eigenvalue weighted by Crippen LogP contribution is -2.28. The lowest BCUT2D eigenvalue weighted by atomic mass is 10.3. The number of benzene rings is 1. The van der Waals surface area contributed by atoms with Crippen LogP contribution < -0.4 is 10.6 Å². The molecule has 0 radical (unpaired) electrons. The summed E-state index contributed by atoms with van der Waals surface area (Å²) >= 11 is 5.83. The molecule has 1 amide bonds. The molecule has 0 bridgehead atoms. The first-order chi connectivity index (χ1) is 8.54. The standard InChI is InChI=1S/C11H12ClN3O3/c1-2-5-13-7-11(16)14-10-6-8(15(17)18)3-4-9(10)12/h2-4,6,13H,1,5,7H2,(H,14,16). The van der Waals surface area contributed by atoms with E-state index < -0.39 is 4.92 Å². The largest absolute Gasteiger partial charge is 0.323 e. The molecule has 18 heavy (non-hydrogen) atoms. The van der Waals surface area contributed by atoms with Crippen molar-refractivity contribution in [2.75, 3.05) is 18.4 Å². The van der Waals surface area contributed by atoms with Gasteiger partial charge in [-0.3, -0.25) is 14.9 Å². The first-order valence-electron chi connectivity index (χ1n) is 5.10. The molecular weight excluding hydrogens is 258 g/mol. The Bertz CT molecular complexity index is 477. The molecule has 7 heteroatoms. The van der Waals surface area contributed by atoms with Crippen LogP contribution in [0.1, 0.15) is 0 Å². The molecule has 6 nitrogen and oxygen atoms in total. The van der Waals surface area contributed by atoms with Gasteiger partial charge in [0.1, 0.15) is 0 Å². The van der Waals surface area contributed by atoms with E-state index in [1.165, 1.54) is 18.2 Å². The van der Waals surface area contributed by atoms with Crippen molar-refractivity contribution in [3.63, 3.8) is 0 Å². The Kier molecular flexibility index (Phi) is 5.29. The van der Waals surface area contributed by atoms with E-state index in [2.05, 4.69) is 17.2 Å². The normalized spacial score (nSPS) is 9.83. The van der Waals surface area contributed by atoms with Crippen molar-refractivity contribution in [1.29, 1.82) is 0 Å². The fraction of sp³-hybridized carbons (Fsp3) is 0.182. The molecule has 0 saturated heterocycles. The predicted molar refractivity (Wildman–Crippen MR) is 69.8 cm³/mol. The Balaban J connectivity index is 2.71. The van der Waals surface area contributed by atoms with Crippen LogP contribution in [0.2, 0.25) is 5.02 Å². The summed E-state index contributed by atoms with van der Waals surface area (Å²) in [7, 11) is 0. The molecule has 0 saturated carbocycles. The molecule has 0 heterocycles. The summed E-state index contributed by atoms with van der Waals surface area (Å²) in [5, 5.41) is 16.1. The van der Waals surface area contributed by atoms with E-state index >= 15 is 0 Å². The predicted octanol–water partition coefficient (Wildman–Crippen LogP) is 1.96. The molecule has 0 aliphatic heterocycles. The van der Waals surface area contributed by atoms with Crippen molar-refractivity contribution < 1.29 is 9.72 Å². The average Bonchev–Trinajstić information content (AvgIpc) is 2.32. The lowest BCUT2D eigenvalue weighted by molar-refractivity contribution is -0.384. The van der Waals surface area contributed by atoms with Crippen molar-refractivity contribution in [1.82, 2.24) is 5.32 Å². The van der Waals surface area contributed by atoms with E-state index in [0.29, 0.717) is 6.54 Å². The van der Waals surface area contributed by atoms with E-state index in [9.17, 15) is 14.9 Å². The maximum absolute atomic E-state index is 11.5. The number of rotatable bonds is 6. The summed E-state index contributed by atoms with van der Waals surface area (Å²) in [4.78, 5) is 21.5. The second kappa shape index (κ2) is 6.73. The molecule has 0 fully saturated rings. The highest BCUT2D eigenvalue weighted by atomic mass is 35.5. The number of hydrogen-bond acceptors (Lipinski definition) is 4. The molecule has 96 valence electrons. The van der Waals surface area contributed by atoms with Gasteiger partial charge < -0.3 is 10.6 Å². The van der Waals surface area contributed by atoms with Crippen LogP contribution in [0.3, 0.4) is 0 Å². The number of nitrogens with one attached hydrogen (secondary N) is 2. The van der Waals surface area contributed by atoms with Gasteiger partial charge in [-0.15, -0.1) is 6.58 Å². The van der Waals surface area contributed by atoms with Crippen molar-refractivity contribution in [3.05, 3.63) is 46.0 Å². The van der Waals surface area contributed by atoms with Crippen molar-refractivity contribution in [2.45, 2.75) is 0 Å². The minimum atomic E-state index is -0.554. The van der Waals surface area contributed by atoms with Gasteiger partial charge in [-0.1, -0.05) is 17.7 Å². The van der Waals surface area contributed by atoms with Gasteiger partial charge in [-0.05, 0) is 6.07 Å². The fourth-order valence-electron chi connectivity index (χ4n) is 1.20. The summed E-state index contributed by atoms with van der Waals surface area (Å²) in [5.41, 5.74) is 0.0880. The van der Waals surface area contributed by atoms with E-state index in [-0.39, 0.29) is 28.8 Å². The van der Waals surface area contributed by atoms with Crippen LogP contribution in [0.4, 0.5) is 11.4 Å². The molecule has 1 aromatic carbocycles. The summed E-state index contributed by atoms with van der Waals surface area (Å²) < 4.78 is 0. The zero-order valence-corrected chi connectivity index (χ0v) is 10.2. The molecular formula is C11H12ClN3O3. The maximum Gasteiger partial charge on any atom is 0.271 e. The second-order valence-electron chi connectivity index (χ2n) is 3.39. The topological polar surface area (TPSA) is 84.3 Å². The first kappa shape index (κ1) is 14.1. The number of nitrogens with zero attached hydrogens (tertiary/aromatic N) is 1. The second-order valence-corrected chi connectivity index (χ2v) is 3.80. The van der Waals surface area contributed by atoms with Crippen LogP contribution in [-0.2, 0) is 4.79 Å². The Morgan fingerprint density at radius 2 is 2.28 bits per heavy atom. The van der Waals surface area contributed by atoms with Crippen LogP contribution in [0.25, 0.3) is 0 Å². The molecule has 0 unspecified atom stereocenters. The third kappa shape index (κ3) is 4.15. The van der Waals surface area contributed by atoms with Gasteiger partial charge >= 0.3 is 0 Å². The van der Waals surface area contributed by atoms with Crippen LogP contribution in [0.15, 0.2) is 30.9 Å². The van der Waals surface area contributed by atoms with Gasteiger partial charge in [-0.25, -0.2) is 0 Å². The zero-order chi connectivity index (χ0) is 13.5. The number of anilines is 1. The Hall–Kier alpha value is -1.92. The summed E-state index contributed by atoms with van der Waals surface area (Å²) in [6.45, 7) is 4.07. The smallest absolute Gasteiger partial charge is 0.271 e. The number of hydrogen-bond donors (Lipinski definition) is 2. The summed E-state index contributed by atoms with van der Waals surface area (Å²) in [6, 6.07) is 3.86. The zero-order valence-electron chi connectivity index (χ0n) is 9.48. The van der Waals surface area contributed by atoms with Crippen LogP contribution in [0.5, 0.6) is 0 Å². The molecule has 0 aromatic heterocycles. The van der Waals surface area contributed by atoms with Gasteiger partial charge in [0.2, 0.25) is 5.91 Å². The molecule has 0 aliphatic rings. The van der Waals surface area contributed by atoms with E-state index in [1.54, 1.807) is 6.08 Å². The molecule has 1 aromatic rings. The fourth-order valence-corrected chi connectivity index (χ4v) is 1.37. The molecule has 1 rings (SSSR count). The van der Waals surface area contributed by atoms with Gasteiger partial charge in [0, 0.05) is 18.7 Å². The number of nitro groups is 1. The molecule has 2 N–H and O–H groups in total.